The third kappa shape index (κ3) is 3.90. The lowest BCUT2D eigenvalue weighted by molar-refractivity contribution is 0.102. The van der Waals surface area contributed by atoms with Crippen molar-refractivity contribution in [1.82, 2.24) is 0 Å². The summed E-state index contributed by atoms with van der Waals surface area (Å²) in [5, 5.41) is 18.4. The van der Waals surface area contributed by atoms with Gasteiger partial charge >= 0.3 is 0 Å². The number of rotatable bonds is 6. The lowest BCUT2D eigenvalue weighted by atomic mass is 10.2. The molecule has 1 aromatic rings. The molecule has 0 heterocycles. The Hall–Kier alpha value is -1.25. The van der Waals surface area contributed by atoms with E-state index in [1.807, 2.05) is 13.8 Å². The first-order chi connectivity index (χ1) is 8.62. The van der Waals surface area contributed by atoms with Gasteiger partial charge in [-0.25, -0.2) is 0 Å². The third-order valence-electron chi connectivity index (χ3n) is 2.33. The molecule has 5 heteroatoms. The van der Waals surface area contributed by atoms with Crippen LogP contribution in [0, 0.1) is 11.3 Å². The first-order valence-electron chi connectivity index (χ1n) is 5.79. The fourth-order valence-corrected chi connectivity index (χ4v) is 1.89. The van der Waals surface area contributed by atoms with Gasteiger partial charge in [-0.05, 0) is 35.3 Å². The monoisotopic (exact) mass is 313 g/mol. The van der Waals surface area contributed by atoms with Crippen LogP contribution in [0.15, 0.2) is 16.6 Å². The summed E-state index contributed by atoms with van der Waals surface area (Å²) in [6.07, 6.45) is 0.111. The number of hydrogen-bond donors (Lipinski definition) is 1. The number of aliphatic hydroxyl groups excluding tert-OH is 1. The molecule has 0 aromatic heterocycles. The topological polar surface area (TPSA) is 62.5 Å². The number of aliphatic hydroxyl groups is 1. The van der Waals surface area contributed by atoms with Crippen LogP contribution in [-0.2, 0) is 0 Å². The smallest absolute Gasteiger partial charge is 0.175 e. The molecule has 0 fully saturated rings. The predicted octanol–water partition coefficient (Wildman–Crippen LogP) is 2.87. The quantitative estimate of drug-likeness (QED) is 0.877. The van der Waals surface area contributed by atoms with Crippen LogP contribution < -0.4 is 9.47 Å². The van der Waals surface area contributed by atoms with Crippen LogP contribution in [-0.4, -0.2) is 24.4 Å². The van der Waals surface area contributed by atoms with E-state index in [-0.39, 0.29) is 6.61 Å². The molecule has 0 saturated carbocycles. The van der Waals surface area contributed by atoms with E-state index in [1.165, 1.54) is 0 Å². The Bertz CT molecular complexity index is 443. The second-order valence-corrected chi connectivity index (χ2v) is 4.56. The zero-order valence-corrected chi connectivity index (χ0v) is 12.0. The zero-order chi connectivity index (χ0) is 13.5. The number of benzene rings is 1. The van der Waals surface area contributed by atoms with Gasteiger partial charge in [-0.1, -0.05) is 6.92 Å². The van der Waals surface area contributed by atoms with Crippen LogP contribution in [0.5, 0.6) is 11.5 Å². The number of ether oxygens (including phenoxy) is 2. The van der Waals surface area contributed by atoms with Crippen LogP contribution in [0.2, 0.25) is 0 Å². The van der Waals surface area contributed by atoms with E-state index in [9.17, 15) is 5.11 Å². The maximum atomic E-state index is 9.50. The average molecular weight is 314 g/mol. The Balaban J connectivity index is 2.97. The molecule has 0 bridgehead atoms. The summed E-state index contributed by atoms with van der Waals surface area (Å²) < 4.78 is 11.6. The summed E-state index contributed by atoms with van der Waals surface area (Å²) in [6.45, 7) is 4.41. The summed E-state index contributed by atoms with van der Waals surface area (Å²) in [7, 11) is 0. The van der Waals surface area contributed by atoms with Crippen molar-refractivity contribution in [3.8, 4) is 17.6 Å². The Morgan fingerprint density at radius 1 is 1.39 bits per heavy atom. The van der Waals surface area contributed by atoms with Gasteiger partial charge in [0.15, 0.2) is 11.5 Å². The molecule has 18 heavy (non-hydrogen) atoms. The highest BCUT2D eigenvalue weighted by atomic mass is 79.9. The summed E-state index contributed by atoms with van der Waals surface area (Å²) in [6, 6.07) is 5.34. The Morgan fingerprint density at radius 2 is 2.11 bits per heavy atom. The van der Waals surface area contributed by atoms with Crippen molar-refractivity contribution in [2.75, 3.05) is 13.2 Å². The molecule has 0 spiro atoms. The van der Waals surface area contributed by atoms with Crippen LogP contribution in [0.3, 0.4) is 0 Å². The SMILES string of the molecule is CCOc1cc(C#N)cc(Br)c1OC[C@H](O)CC. The minimum Gasteiger partial charge on any atom is -0.490 e. The molecule has 0 aliphatic carbocycles. The summed E-state index contributed by atoms with van der Waals surface area (Å²) in [5.74, 6) is 1.02. The van der Waals surface area contributed by atoms with Gasteiger partial charge in [0.1, 0.15) is 6.61 Å². The van der Waals surface area contributed by atoms with E-state index in [0.29, 0.717) is 34.6 Å². The predicted molar refractivity (Wildman–Crippen MR) is 71.8 cm³/mol. The summed E-state index contributed by atoms with van der Waals surface area (Å²) in [5.41, 5.74) is 0.494. The van der Waals surface area contributed by atoms with Gasteiger partial charge < -0.3 is 14.6 Å². The molecule has 1 atom stereocenters. The second-order valence-electron chi connectivity index (χ2n) is 3.70. The number of nitriles is 1. The minimum absolute atomic E-state index is 0.196. The van der Waals surface area contributed by atoms with E-state index in [2.05, 4.69) is 22.0 Å². The minimum atomic E-state index is -0.512. The maximum Gasteiger partial charge on any atom is 0.175 e. The molecule has 0 unspecified atom stereocenters. The van der Waals surface area contributed by atoms with Gasteiger partial charge in [0, 0.05) is 6.07 Å². The molecule has 1 rings (SSSR count). The lowest BCUT2D eigenvalue weighted by Crippen LogP contribution is -2.16. The summed E-state index contributed by atoms with van der Waals surface area (Å²) in [4.78, 5) is 0. The highest BCUT2D eigenvalue weighted by Gasteiger charge is 2.13. The van der Waals surface area contributed by atoms with Gasteiger partial charge in [0.2, 0.25) is 0 Å². The molecular weight excluding hydrogens is 298 g/mol. The first-order valence-corrected chi connectivity index (χ1v) is 6.58. The van der Waals surface area contributed by atoms with E-state index in [4.69, 9.17) is 14.7 Å². The molecule has 1 N–H and O–H groups in total. The van der Waals surface area contributed by atoms with Gasteiger partial charge in [-0.15, -0.1) is 0 Å². The maximum absolute atomic E-state index is 9.50. The first kappa shape index (κ1) is 14.8. The van der Waals surface area contributed by atoms with E-state index in [0.717, 1.165) is 0 Å². The number of halogens is 1. The Kier molecular flexibility index (Phi) is 5.96. The van der Waals surface area contributed by atoms with E-state index < -0.39 is 6.10 Å². The van der Waals surface area contributed by atoms with Gasteiger partial charge in [-0.2, -0.15) is 5.26 Å². The highest BCUT2D eigenvalue weighted by Crippen LogP contribution is 2.36. The van der Waals surface area contributed by atoms with E-state index >= 15 is 0 Å². The molecule has 4 nitrogen and oxygen atoms in total. The molecule has 0 aliphatic rings. The normalized spacial score (nSPS) is 11.7. The van der Waals surface area contributed by atoms with Crippen LogP contribution in [0.1, 0.15) is 25.8 Å². The van der Waals surface area contributed by atoms with Crippen molar-refractivity contribution in [3.05, 3.63) is 22.2 Å². The number of nitrogens with zero attached hydrogens (tertiary/aromatic N) is 1. The standard InChI is InChI=1S/C13H16BrNO3/c1-3-10(16)8-18-13-11(14)5-9(7-15)6-12(13)17-4-2/h5-6,10,16H,3-4,8H2,1-2H3/t10-/m1/s1. The van der Waals surface area contributed by atoms with Crippen molar-refractivity contribution >= 4 is 15.9 Å². The van der Waals surface area contributed by atoms with Crippen molar-refractivity contribution in [2.24, 2.45) is 0 Å². The van der Waals surface area contributed by atoms with Crippen molar-refractivity contribution in [1.29, 1.82) is 5.26 Å². The van der Waals surface area contributed by atoms with Crippen molar-refractivity contribution in [3.63, 3.8) is 0 Å². The molecule has 0 aliphatic heterocycles. The molecule has 98 valence electrons. The average Bonchev–Trinajstić information content (AvgIpc) is 2.37. The van der Waals surface area contributed by atoms with Crippen LogP contribution in [0.4, 0.5) is 0 Å². The van der Waals surface area contributed by atoms with Crippen LogP contribution in [0.25, 0.3) is 0 Å². The van der Waals surface area contributed by atoms with Gasteiger partial charge in [0.25, 0.3) is 0 Å². The Morgan fingerprint density at radius 3 is 2.67 bits per heavy atom. The lowest BCUT2D eigenvalue weighted by Gasteiger charge is -2.15. The fraction of sp³-hybridized carbons (Fsp3) is 0.462. The molecule has 0 radical (unpaired) electrons. The fourth-order valence-electron chi connectivity index (χ4n) is 1.33. The third-order valence-corrected chi connectivity index (χ3v) is 2.92. The highest BCUT2D eigenvalue weighted by molar-refractivity contribution is 9.10. The van der Waals surface area contributed by atoms with Crippen molar-refractivity contribution in [2.45, 2.75) is 26.4 Å². The van der Waals surface area contributed by atoms with Gasteiger partial charge in [-0.3, -0.25) is 0 Å². The molecular formula is C13H16BrNO3. The van der Waals surface area contributed by atoms with Gasteiger partial charge in [0.05, 0.1) is 28.8 Å². The van der Waals surface area contributed by atoms with Crippen LogP contribution >= 0.6 is 15.9 Å². The molecule has 1 aromatic carbocycles. The number of hydrogen-bond acceptors (Lipinski definition) is 4. The Labute approximate surface area is 115 Å². The molecule has 0 saturated heterocycles. The molecule has 0 amide bonds. The van der Waals surface area contributed by atoms with E-state index in [1.54, 1.807) is 12.1 Å². The zero-order valence-electron chi connectivity index (χ0n) is 10.4. The van der Waals surface area contributed by atoms with Crippen molar-refractivity contribution < 1.29 is 14.6 Å². The summed E-state index contributed by atoms with van der Waals surface area (Å²) >= 11 is 3.34. The largest absolute Gasteiger partial charge is 0.490 e. The second kappa shape index (κ2) is 7.24.